The number of methoxy groups -OCH3 is 2. The number of amides is 1. The van der Waals surface area contributed by atoms with E-state index in [4.69, 9.17) is 8.92 Å². The minimum Gasteiger partial charge on any atom is -0.493 e. The van der Waals surface area contributed by atoms with Crippen molar-refractivity contribution in [1.82, 2.24) is 5.32 Å². The van der Waals surface area contributed by atoms with Crippen LogP contribution in [0.2, 0.25) is 0 Å². The van der Waals surface area contributed by atoms with Crippen LogP contribution in [0.1, 0.15) is 0 Å². The molecule has 2 N–H and O–H groups in total. The molecule has 1 aliphatic rings. The maximum atomic E-state index is 12.6. The van der Waals surface area contributed by atoms with Crippen molar-refractivity contribution in [3.63, 3.8) is 0 Å². The van der Waals surface area contributed by atoms with Crippen LogP contribution in [0.5, 0.6) is 11.5 Å². The molecular weight excluding hydrogens is 394 g/mol. The normalized spacial score (nSPS) is 12.9. The quantitative estimate of drug-likeness (QED) is 0.585. The molecule has 2 aromatic rings. The molecule has 0 spiro atoms. The number of anilines is 1. The summed E-state index contributed by atoms with van der Waals surface area (Å²) in [6.07, 6.45) is -0.657. The van der Waals surface area contributed by atoms with Gasteiger partial charge in [-0.15, -0.1) is 0 Å². The molecule has 1 amide bonds. The van der Waals surface area contributed by atoms with E-state index in [9.17, 15) is 13.2 Å². The van der Waals surface area contributed by atoms with Gasteiger partial charge in [0.25, 0.3) is 0 Å². The molecule has 0 fully saturated rings. The predicted octanol–water partition coefficient (Wildman–Crippen LogP) is 2.88. The van der Waals surface area contributed by atoms with Crippen molar-refractivity contribution in [3.8, 4) is 11.5 Å². The monoisotopic (exact) mass is 409 g/mol. The first kappa shape index (κ1) is 18.9. The lowest BCUT2D eigenvalue weighted by molar-refractivity contribution is 0.177. The van der Waals surface area contributed by atoms with Gasteiger partial charge < -0.3 is 18.4 Å². The zero-order valence-corrected chi connectivity index (χ0v) is 15.9. The average Bonchev–Trinajstić information content (AvgIpc) is 2.67. The summed E-state index contributed by atoms with van der Waals surface area (Å²) in [5.74, 6) is 0.387. The lowest BCUT2D eigenvalue weighted by Crippen LogP contribution is -2.29. The second-order valence-corrected chi connectivity index (χ2v) is 7.45. The predicted molar refractivity (Wildman–Crippen MR) is 101 cm³/mol. The average molecular weight is 409 g/mol. The molecule has 2 aromatic carbocycles. The Morgan fingerprint density at radius 1 is 1.15 bits per heavy atom. The number of benzene rings is 2. The SMILES string of the molecule is COC(=O)NC1=Nc2ccc(S(=O)(=O)Oc3ccccc3OC)cc2NS1. The minimum atomic E-state index is -4.08. The van der Waals surface area contributed by atoms with Gasteiger partial charge in [-0.2, -0.15) is 8.42 Å². The highest BCUT2D eigenvalue weighted by atomic mass is 32.2. The fourth-order valence-corrected chi connectivity index (χ4v) is 3.75. The van der Waals surface area contributed by atoms with E-state index in [-0.39, 0.29) is 15.8 Å². The highest BCUT2D eigenvalue weighted by Crippen LogP contribution is 2.35. The largest absolute Gasteiger partial charge is 0.493 e. The number of ether oxygens (including phenoxy) is 2. The van der Waals surface area contributed by atoms with Gasteiger partial charge in [-0.25, -0.2) is 9.79 Å². The van der Waals surface area contributed by atoms with Crippen molar-refractivity contribution in [2.75, 3.05) is 18.9 Å². The number of rotatable bonds is 4. The maximum absolute atomic E-state index is 12.6. The van der Waals surface area contributed by atoms with Crippen LogP contribution in [0.3, 0.4) is 0 Å². The minimum absolute atomic E-state index is 0.0557. The highest BCUT2D eigenvalue weighted by Gasteiger charge is 2.22. The second kappa shape index (κ2) is 7.76. The molecule has 0 saturated carbocycles. The van der Waals surface area contributed by atoms with Gasteiger partial charge in [0.15, 0.2) is 16.7 Å². The molecule has 3 rings (SSSR count). The number of hydrogen-bond acceptors (Lipinski definition) is 9. The number of carbonyl (C=O) groups is 1. The van der Waals surface area contributed by atoms with Crippen LogP contribution in [0.25, 0.3) is 0 Å². The second-order valence-electron chi connectivity index (χ2n) is 5.10. The Kier molecular flexibility index (Phi) is 5.42. The van der Waals surface area contributed by atoms with E-state index < -0.39 is 16.2 Å². The molecule has 0 radical (unpaired) electrons. The van der Waals surface area contributed by atoms with E-state index in [1.54, 1.807) is 18.2 Å². The number of carbonyl (C=O) groups excluding carboxylic acids is 1. The summed E-state index contributed by atoms with van der Waals surface area (Å²) in [4.78, 5) is 15.4. The zero-order valence-electron chi connectivity index (χ0n) is 14.3. The van der Waals surface area contributed by atoms with Crippen molar-refractivity contribution in [1.29, 1.82) is 0 Å². The third-order valence-corrected chi connectivity index (χ3v) is 5.34. The van der Waals surface area contributed by atoms with Gasteiger partial charge in [-0.3, -0.25) is 5.32 Å². The number of hydrogen-bond donors (Lipinski definition) is 2. The van der Waals surface area contributed by atoms with E-state index in [1.165, 1.54) is 38.5 Å². The van der Waals surface area contributed by atoms with Crippen LogP contribution in [0.4, 0.5) is 16.2 Å². The molecule has 0 bridgehead atoms. The van der Waals surface area contributed by atoms with Crippen LogP contribution in [0.15, 0.2) is 52.4 Å². The first-order valence-corrected chi connectivity index (χ1v) is 9.73. The highest BCUT2D eigenvalue weighted by molar-refractivity contribution is 8.15. The lowest BCUT2D eigenvalue weighted by Gasteiger charge is -2.17. The van der Waals surface area contributed by atoms with Crippen LogP contribution in [-0.4, -0.2) is 33.9 Å². The summed E-state index contributed by atoms with van der Waals surface area (Å²) in [6, 6.07) is 10.7. The Bertz CT molecular complexity index is 1010. The molecule has 11 heteroatoms. The van der Waals surface area contributed by atoms with Gasteiger partial charge in [0.2, 0.25) is 0 Å². The van der Waals surface area contributed by atoms with E-state index in [2.05, 4.69) is 19.8 Å². The van der Waals surface area contributed by atoms with E-state index in [1.807, 2.05) is 0 Å². The molecule has 0 unspecified atom stereocenters. The Morgan fingerprint density at radius 3 is 2.59 bits per heavy atom. The fourth-order valence-electron chi connectivity index (χ4n) is 2.13. The maximum Gasteiger partial charge on any atom is 0.412 e. The molecule has 1 aliphatic heterocycles. The third-order valence-electron chi connectivity index (χ3n) is 3.40. The molecule has 0 aliphatic carbocycles. The molecule has 0 atom stereocenters. The van der Waals surface area contributed by atoms with Crippen molar-refractivity contribution >= 4 is 44.7 Å². The first-order valence-electron chi connectivity index (χ1n) is 7.51. The zero-order chi connectivity index (χ0) is 19.4. The first-order chi connectivity index (χ1) is 12.9. The molecule has 27 heavy (non-hydrogen) atoms. The van der Waals surface area contributed by atoms with E-state index >= 15 is 0 Å². The third kappa shape index (κ3) is 4.26. The number of amidine groups is 1. The lowest BCUT2D eigenvalue weighted by atomic mass is 10.3. The Balaban J connectivity index is 1.86. The summed E-state index contributed by atoms with van der Waals surface area (Å²) in [5, 5.41) is 2.71. The summed E-state index contributed by atoms with van der Waals surface area (Å²) < 4.78 is 42.9. The molecule has 0 aromatic heterocycles. The molecule has 142 valence electrons. The van der Waals surface area contributed by atoms with Gasteiger partial charge in [0.1, 0.15) is 4.90 Å². The van der Waals surface area contributed by atoms with Gasteiger partial charge >= 0.3 is 16.2 Å². The van der Waals surface area contributed by atoms with Gasteiger partial charge in [0.05, 0.1) is 25.6 Å². The van der Waals surface area contributed by atoms with Crippen molar-refractivity contribution in [2.45, 2.75) is 4.90 Å². The Labute approximate surface area is 160 Å². The van der Waals surface area contributed by atoms with E-state index in [0.29, 0.717) is 17.1 Å². The topological polar surface area (TPSA) is 115 Å². The number of alkyl carbamates (subject to hydrolysis) is 1. The summed E-state index contributed by atoms with van der Waals surface area (Å²) >= 11 is 1.01. The molecule has 0 saturated heterocycles. The Hall–Kier alpha value is -2.92. The number of para-hydroxylation sites is 2. The van der Waals surface area contributed by atoms with Gasteiger partial charge in [0, 0.05) is 11.9 Å². The van der Waals surface area contributed by atoms with Crippen molar-refractivity contribution in [2.24, 2.45) is 4.99 Å². The van der Waals surface area contributed by atoms with Crippen LogP contribution < -0.4 is 19.0 Å². The fraction of sp³-hybridized carbons (Fsp3) is 0.125. The van der Waals surface area contributed by atoms with Crippen molar-refractivity contribution < 1.29 is 26.9 Å². The molecule has 9 nitrogen and oxygen atoms in total. The number of fused-ring (bicyclic) bond motifs is 1. The van der Waals surface area contributed by atoms with E-state index in [0.717, 1.165) is 11.9 Å². The standard InChI is InChI=1S/C16H15N3O6S2/c1-23-13-5-3-4-6-14(13)25-27(21,22)10-7-8-11-12(9-10)19-26-15(17-11)18-16(20)24-2/h3-9,19H,1-2H3,(H,17,18,20). The smallest absolute Gasteiger partial charge is 0.412 e. The van der Waals surface area contributed by atoms with Crippen LogP contribution in [-0.2, 0) is 14.9 Å². The molecular formula is C16H15N3O6S2. The van der Waals surface area contributed by atoms with Gasteiger partial charge in [-0.1, -0.05) is 12.1 Å². The summed E-state index contributed by atoms with van der Waals surface area (Å²) in [5.41, 5.74) is 0.913. The van der Waals surface area contributed by atoms with Crippen LogP contribution in [0, 0.1) is 0 Å². The summed E-state index contributed by atoms with van der Waals surface area (Å²) in [7, 11) is -1.42. The van der Waals surface area contributed by atoms with Gasteiger partial charge in [-0.05, 0) is 30.3 Å². The molecule has 1 heterocycles. The van der Waals surface area contributed by atoms with Crippen LogP contribution >= 0.6 is 11.9 Å². The van der Waals surface area contributed by atoms with Crippen molar-refractivity contribution in [3.05, 3.63) is 42.5 Å². The number of nitrogens with one attached hydrogen (secondary N) is 2. The summed E-state index contributed by atoms with van der Waals surface area (Å²) in [6.45, 7) is 0. The number of nitrogens with zero attached hydrogens (tertiary/aromatic N) is 1. The number of aliphatic imine (C=N–C) groups is 1. The Morgan fingerprint density at radius 2 is 1.89 bits per heavy atom.